The van der Waals surface area contributed by atoms with E-state index in [-0.39, 0.29) is 23.7 Å². The topological polar surface area (TPSA) is 116 Å². The minimum Gasteiger partial charge on any atom is -0.493 e. The van der Waals surface area contributed by atoms with Gasteiger partial charge in [0, 0.05) is 30.6 Å². The number of nitrogens with one attached hydrogen (secondary N) is 2. The van der Waals surface area contributed by atoms with Gasteiger partial charge in [-0.25, -0.2) is 9.97 Å². The van der Waals surface area contributed by atoms with Crippen molar-refractivity contribution in [2.24, 2.45) is 0 Å². The van der Waals surface area contributed by atoms with Gasteiger partial charge in [0.15, 0.2) is 16.7 Å². The Labute approximate surface area is 253 Å². The molecule has 2 aromatic heterocycles. The lowest BCUT2D eigenvalue weighted by atomic mass is 10.1. The first kappa shape index (κ1) is 28.8. The molecule has 1 aliphatic heterocycles. The molecule has 0 saturated carbocycles. The fourth-order valence-corrected chi connectivity index (χ4v) is 6.12. The van der Waals surface area contributed by atoms with E-state index < -0.39 is 0 Å². The lowest BCUT2D eigenvalue weighted by Gasteiger charge is -2.12. The first-order valence-electron chi connectivity index (χ1n) is 14.2. The van der Waals surface area contributed by atoms with Crippen molar-refractivity contribution < 1.29 is 23.8 Å². The first-order valence-corrected chi connectivity index (χ1v) is 15.2. The van der Waals surface area contributed by atoms with Crippen LogP contribution in [0.1, 0.15) is 28.8 Å². The molecule has 5 aromatic rings. The van der Waals surface area contributed by atoms with Gasteiger partial charge < -0.3 is 24.8 Å². The van der Waals surface area contributed by atoms with Gasteiger partial charge in [-0.1, -0.05) is 30.0 Å². The second-order valence-electron chi connectivity index (χ2n) is 10.3. The minimum absolute atomic E-state index is 0.0809. The summed E-state index contributed by atoms with van der Waals surface area (Å²) in [6, 6.07) is 19.0. The van der Waals surface area contributed by atoms with Crippen LogP contribution in [0, 0.1) is 0 Å². The Morgan fingerprint density at radius 3 is 2.67 bits per heavy atom. The molecule has 3 heterocycles. The molecular weight excluding hydrogens is 566 g/mol. The lowest BCUT2D eigenvalue weighted by Crippen LogP contribution is -2.32. The van der Waals surface area contributed by atoms with Gasteiger partial charge in [0.05, 0.1) is 42.6 Å². The second-order valence-corrected chi connectivity index (χ2v) is 11.3. The zero-order valence-electron chi connectivity index (χ0n) is 24.1. The highest BCUT2D eigenvalue weighted by Crippen LogP contribution is 2.30. The lowest BCUT2D eigenvalue weighted by molar-refractivity contribution is -0.119. The van der Waals surface area contributed by atoms with E-state index in [1.165, 1.54) is 11.8 Å². The maximum Gasteiger partial charge on any atom is 0.251 e. The number of aromatic nitrogens is 3. The highest BCUT2D eigenvalue weighted by Gasteiger charge is 2.19. The number of hydrogen-bond acceptors (Lipinski definition) is 8. The Hall–Kier alpha value is -4.35. The Morgan fingerprint density at radius 1 is 1.00 bits per heavy atom. The smallest absolute Gasteiger partial charge is 0.251 e. The molecule has 222 valence electrons. The molecule has 1 unspecified atom stereocenters. The van der Waals surface area contributed by atoms with Crippen LogP contribution in [0.25, 0.3) is 27.6 Å². The van der Waals surface area contributed by atoms with Crippen molar-refractivity contribution in [2.45, 2.75) is 30.5 Å². The predicted octanol–water partition coefficient (Wildman–Crippen LogP) is 4.41. The summed E-state index contributed by atoms with van der Waals surface area (Å²) in [6.45, 7) is 1.71. The molecule has 1 saturated heterocycles. The van der Waals surface area contributed by atoms with Crippen LogP contribution in [0.3, 0.4) is 0 Å². The van der Waals surface area contributed by atoms with Gasteiger partial charge in [-0.3, -0.25) is 14.0 Å². The van der Waals surface area contributed by atoms with Gasteiger partial charge in [0.1, 0.15) is 5.65 Å². The maximum atomic E-state index is 13.1. The minimum atomic E-state index is -0.194. The highest BCUT2D eigenvalue weighted by atomic mass is 32.2. The summed E-state index contributed by atoms with van der Waals surface area (Å²) in [5.41, 5.74) is 4.63. The number of benzene rings is 3. The van der Waals surface area contributed by atoms with E-state index in [4.69, 9.17) is 24.2 Å². The van der Waals surface area contributed by atoms with E-state index in [0.717, 1.165) is 47.1 Å². The molecule has 6 rings (SSSR count). The number of amides is 2. The van der Waals surface area contributed by atoms with E-state index in [2.05, 4.69) is 10.6 Å². The van der Waals surface area contributed by atoms with Gasteiger partial charge >= 0.3 is 0 Å². The molecule has 10 nitrogen and oxygen atoms in total. The summed E-state index contributed by atoms with van der Waals surface area (Å²) in [5.74, 6) is 1.24. The largest absolute Gasteiger partial charge is 0.493 e. The fourth-order valence-electron chi connectivity index (χ4n) is 5.28. The number of thioether (sulfide) groups is 1. The molecule has 0 aliphatic carbocycles. The molecule has 1 atom stereocenters. The molecule has 0 bridgehead atoms. The van der Waals surface area contributed by atoms with E-state index in [0.29, 0.717) is 47.2 Å². The fraction of sp³-hybridized carbons (Fsp3) is 0.312. The number of imidazole rings is 1. The standard InChI is InChI=1S/C32H33N5O5S/c1-40-27-12-9-20(16-28(27)41-2)13-14-33-31(39)21-10-11-23-25(17-21)36-32(37-26-8-4-3-7-24(26)35-30(23)37)43-19-29(38)34-18-22-6-5-15-42-22/h3-4,7-12,16-17,22H,5-6,13-15,18-19H2,1-2H3,(H,33,39)(H,34,38). The van der Waals surface area contributed by atoms with Crippen LogP contribution in [0.4, 0.5) is 0 Å². The predicted molar refractivity (Wildman–Crippen MR) is 166 cm³/mol. The summed E-state index contributed by atoms with van der Waals surface area (Å²) >= 11 is 1.35. The summed E-state index contributed by atoms with van der Waals surface area (Å²) in [5, 5.41) is 7.43. The number of nitrogens with zero attached hydrogens (tertiary/aromatic N) is 3. The van der Waals surface area contributed by atoms with Gasteiger partial charge in [-0.05, 0) is 67.3 Å². The maximum absolute atomic E-state index is 13.1. The zero-order chi connectivity index (χ0) is 29.8. The van der Waals surface area contributed by atoms with E-state index >= 15 is 0 Å². The molecule has 2 amide bonds. The van der Waals surface area contributed by atoms with Gasteiger partial charge in [-0.2, -0.15) is 0 Å². The summed E-state index contributed by atoms with van der Waals surface area (Å²) in [4.78, 5) is 35.6. The Bertz CT molecular complexity index is 1800. The molecule has 43 heavy (non-hydrogen) atoms. The number of rotatable bonds is 11. The van der Waals surface area contributed by atoms with Crippen molar-refractivity contribution in [3.05, 3.63) is 71.8 Å². The van der Waals surface area contributed by atoms with E-state index in [1.807, 2.05) is 52.9 Å². The number of hydrogen-bond donors (Lipinski definition) is 2. The molecular formula is C32H33N5O5S. The van der Waals surface area contributed by atoms with Crippen LogP contribution in [0.5, 0.6) is 11.5 Å². The van der Waals surface area contributed by atoms with Gasteiger partial charge in [0.2, 0.25) is 5.91 Å². The van der Waals surface area contributed by atoms with Crippen molar-refractivity contribution in [3.63, 3.8) is 0 Å². The second kappa shape index (κ2) is 12.9. The van der Waals surface area contributed by atoms with Crippen molar-refractivity contribution in [1.29, 1.82) is 0 Å². The van der Waals surface area contributed by atoms with Crippen molar-refractivity contribution >= 4 is 51.2 Å². The Balaban J connectivity index is 1.21. The molecule has 3 aromatic carbocycles. The van der Waals surface area contributed by atoms with E-state index in [1.54, 1.807) is 26.4 Å². The van der Waals surface area contributed by atoms with Crippen molar-refractivity contribution in [1.82, 2.24) is 25.0 Å². The van der Waals surface area contributed by atoms with Crippen LogP contribution in [0.15, 0.2) is 65.8 Å². The number of ether oxygens (including phenoxy) is 3. The van der Waals surface area contributed by atoms with Crippen molar-refractivity contribution in [2.75, 3.05) is 39.7 Å². The number of methoxy groups -OCH3 is 2. The number of fused-ring (bicyclic) bond motifs is 5. The average molecular weight is 600 g/mol. The normalized spacial score (nSPS) is 14.8. The highest BCUT2D eigenvalue weighted by molar-refractivity contribution is 7.99. The third kappa shape index (κ3) is 6.23. The summed E-state index contributed by atoms with van der Waals surface area (Å²) < 4.78 is 18.3. The summed E-state index contributed by atoms with van der Waals surface area (Å²) in [7, 11) is 3.20. The summed E-state index contributed by atoms with van der Waals surface area (Å²) in [6.07, 6.45) is 2.71. The molecule has 1 fully saturated rings. The van der Waals surface area contributed by atoms with Gasteiger partial charge in [0.25, 0.3) is 5.91 Å². The van der Waals surface area contributed by atoms with Crippen LogP contribution < -0.4 is 20.1 Å². The van der Waals surface area contributed by atoms with Gasteiger partial charge in [-0.15, -0.1) is 0 Å². The van der Waals surface area contributed by atoms with Crippen LogP contribution in [-0.4, -0.2) is 72.0 Å². The van der Waals surface area contributed by atoms with Crippen LogP contribution in [0.2, 0.25) is 0 Å². The Kier molecular flexibility index (Phi) is 8.62. The number of para-hydroxylation sites is 2. The number of carbonyl (C=O) groups excluding carboxylic acids is 2. The Morgan fingerprint density at radius 2 is 1.86 bits per heavy atom. The van der Waals surface area contributed by atoms with Crippen molar-refractivity contribution in [3.8, 4) is 11.5 Å². The first-order chi connectivity index (χ1) is 21.0. The monoisotopic (exact) mass is 599 g/mol. The SMILES string of the molecule is COc1ccc(CCNC(=O)c2ccc3c(c2)nc(SCC(=O)NCC2CCCO2)n2c4ccccc4nc32)cc1OC. The third-order valence-electron chi connectivity index (χ3n) is 7.50. The molecule has 1 aliphatic rings. The molecule has 0 spiro atoms. The molecule has 2 N–H and O–H groups in total. The van der Waals surface area contributed by atoms with Crippen LogP contribution in [-0.2, 0) is 16.0 Å². The molecule has 0 radical (unpaired) electrons. The van der Waals surface area contributed by atoms with E-state index in [9.17, 15) is 9.59 Å². The average Bonchev–Trinajstić information content (AvgIpc) is 3.70. The third-order valence-corrected chi connectivity index (χ3v) is 8.44. The number of carbonyl (C=O) groups is 2. The van der Waals surface area contributed by atoms with Crippen LogP contribution >= 0.6 is 11.8 Å². The zero-order valence-corrected chi connectivity index (χ0v) is 24.9. The molecule has 11 heteroatoms. The quantitative estimate of drug-likeness (QED) is 0.169.